The third-order valence-electron chi connectivity index (χ3n) is 10.7. The monoisotopic (exact) mass is 704 g/mol. The maximum atomic E-state index is 6.32. The first-order valence-corrected chi connectivity index (χ1v) is 18.5. The lowest BCUT2D eigenvalue weighted by Crippen LogP contribution is -2.10. The molecule has 4 nitrogen and oxygen atoms in total. The van der Waals surface area contributed by atoms with Gasteiger partial charge in [-0.15, -0.1) is 0 Å². The van der Waals surface area contributed by atoms with E-state index < -0.39 is 0 Å². The third-order valence-corrected chi connectivity index (χ3v) is 10.7. The van der Waals surface area contributed by atoms with Crippen molar-refractivity contribution in [2.75, 3.05) is 4.90 Å². The summed E-state index contributed by atoms with van der Waals surface area (Å²) in [5.41, 5.74) is 11.9. The highest BCUT2D eigenvalue weighted by molar-refractivity contribution is 6.17. The van der Waals surface area contributed by atoms with Crippen LogP contribution in [0.15, 0.2) is 203 Å². The molecule has 2 heterocycles. The number of fused-ring (bicyclic) bond motifs is 8. The molecule has 9 aromatic carbocycles. The van der Waals surface area contributed by atoms with E-state index in [-0.39, 0.29) is 0 Å². The van der Waals surface area contributed by atoms with Crippen molar-refractivity contribution in [1.82, 2.24) is 4.98 Å². The van der Waals surface area contributed by atoms with E-state index in [0.717, 1.165) is 66.8 Å². The summed E-state index contributed by atoms with van der Waals surface area (Å²) < 4.78 is 12.5. The van der Waals surface area contributed by atoms with Crippen molar-refractivity contribution in [1.29, 1.82) is 0 Å². The Hall–Kier alpha value is -7.43. The van der Waals surface area contributed by atoms with Crippen molar-refractivity contribution in [3.05, 3.63) is 194 Å². The molecule has 11 aromatic rings. The van der Waals surface area contributed by atoms with Crippen molar-refractivity contribution in [2.24, 2.45) is 0 Å². The summed E-state index contributed by atoms with van der Waals surface area (Å²) in [4.78, 5) is 7.30. The number of hydrogen-bond donors (Lipinski definition) is 0. The first-order chi connectivity index (χ1) is 27.2. The molecular weight excluding hydrogens is 673 g/mol. The second-order valence-electron chi connectivity index (χ2n) is 14.0. The molecule has 0 atom stereocenters. The van der Waals surface area contributed by atoms with Crippen LogP contribution in [-0.2, 0) is 0 Å². The van der Waals surface area contributed by atoms with Gasteiger partial charge in [0.25, 0.3) is 0 Å². The number of oxazole rings is 1. The lowest BCUT2D eigenvalue weighted by atomic mass is 10.00. The largest absolute Gasteiger partial charge is 0.456 e. The lowest BCUT2D eigenvalue weighted by Gasteiger charge is -2.27. The first kappa shape index (κ1) is 31.1. The Bertz CT molecular complexity index is 3200. The Morgan fingerprint density at radius 2 is 0.964 bits per heavy atom. The fourth-order valence-electron chi connectivity index (χ4n) is 7.98. The van der Waals surface area contributed by atoms with Crippen molar-refractivity contribution in [2.45, 2.75) is 0 Å². The van der Waals surface area contributed by atoms with Gasteiger partial charge in [0.05, 0.1) is 5.39 Å². The minimum atomic E-state index is 0.600. The van der Waals surface area contributed by atoms with Gasteiger partial charge in [0.15, 0.2) is 5.58 Å². The molecule has 11 rings (SSSR count). The van der Waals surface area contributed by atoms with Crippen LogP contribution in [0.4, 0.5) is 17.1 Å². The first-order valence-electron chi connectivity index (χ1n) is 18.5. The molecule has 2 aromatic heterocycles. The SMILES string of the molecule is c1ccc(-c2cccc(N(c3ccc(-c4ccc5oc6ccc7oc(-c8ccccc8)nc7c6c5c4)cc3)c3ccc4c(ccc5ccccc54)c3)c2)cc1. The van der Waals surface area contributed by atoms with Crippen molar-refractivity contribution < 1.29 is 8.83 Å². The summed E-state index contributed by atoms with van der Waals surface area (Å²) >= 11 is 0. The molecule has 0 fully saturated rings. The zero-order chi connectivity index (χ0) is 36.3. The van der Waals surface area contributed by atoms with Gasteiger partial charge in [0.1, 0.15) is 16.7 Å². The molecule has 0 aliphatic rings. The number of anilines is 3. The van der Waals surface area contributed by atoms with E-state index in [9.17, 15) is 0 Å². The fourth-order valence-corrected chi connectivity index (χ4v) is 7.98. The van der Waals surface area contributed by atoms with Crippen LogP contribution in [0, 0.1) is 0 Å². The zero-order valence-corrected chi connectivity index (χ0v) is 29.7. The standard InChI is InChI=1S/C51H32N2O2/c1-3-10-33(11-4-1)37-15-9-16-41(30-37)53(42-25-26-44-39(31-42)19-18-35-12-7-8-17-43(35)44)40-23-20-34(21-24-40)38-22-27-46-45(32-38)49-47(54-46)28-29-48-50(49)52-51(55-48)36-13-5-2-6-14-36/h1-32H. The van der Waals surface area contributed by atoms with E-state index >= 15 is 0 Å². The molecule has 0 aliphatic heterocycles. The summed E-state index contributed by atoms with van der Waals surface area (Å²) in [6.45, 7) is 0. The van der Waals surface area contributed by atoms with Gasteiger partial charge in [0, 0.05) is 28.0 Å². The predicted octanol–water partition coefficient (Wildman–Crippen LogP) is 14.5. The van der Waals surface area contributed by atoms with Crippen LogP contribution < -0.4 is 4.90 Å². The molecule has 4 heteroatoms. The summed E-state index contributed by atoms with van der Waals surface area (Å²) in [7, 11) is 0. The second-order valence-corrected chi connectivity index (χ2v) is 14.0. The molecule has 258 valence electrons. The molecule has 0 radical (unpaired) electrons. The van der Waals surface area contributed by atoms with Crippen LogP contribution in [0.5, 0.6) is 0 Å². The molecule has 0 saturated carbocycles. The van der Waals surface area contributed by atoms with Gasteiger partial charge in [-0.1, -0.05) is 121 Å². The van der Waals surface area contributed by atoms with Crippen LogP contribution in [-0.4, -0.2) is 4.98 Å². The van der Waals surface area contributed by atoms with Crippen LogP contribution >= 0.6 is 0 Å². The molecule has 0 bridgehead atoms. The van der Waals surface area contributed by atoms with Gasteiger partial charge in [-0.2, -0.15) is 0 Å². The zero-order valence-electron chi connectivity index (χ0n) is 29.7. The predicted molar refractivity (Wildman–Crippen MR) is 227 cm³/mol. The highest BCUT2D eigenvalue weighted by Crippen LogP contribution is 2.41. The average molecular weight is 705 g/mol. The number of nitrogens with zero attached hydrogens (tertiary/aromatic N) is 2. The van der Waals surface area contributed by atoms with E-state index in [2.05, 4.69) is 157 Å². The summed E-state index contributed by atoms with van der Waals surface area (Å²) in [6.07, 6.45) is 0. The number of benzene rings is 9. The van der Waals surface area contributed by atoms with Crippen molar-refractivity contribution in [3.8, 4) is 33.7 Å². The molecule has 55 heavy (non-hydrogen) atoms. The van der Waals surface area contributed by atoms with Gasteiger partial charge in [-0.3, -0.25) is 0 Å². The van der Waals surface area contributed by atoms with E-state index in [1.165, 1.54) is 32.7 Å². The maximum Gasteiger partial charge on any atom is 0.227 e. The van der Waals surface area contributed by atoms with Crippen LogP contribution in [0.25, 0.3) is 88.3 Å². The highest BCUT2D eigenvalue weighted by Gasteiger charge is 2.18. The third kappa shape index (κ3) is 5.34. The normalized spacial score (nSPS) is 11.6. The summed E-state index contributed by atoms with van der Waals surface area (Å²) in [5.74, 6) is 0.600. The maximum absolute atomic E-state index is 6.32. The van der Waals surface area contributed by atoms with E-state index in [4.69, 9.17) is 13.8 Å². The molecule has 0 aliphatic carbocycles. The molecule has 0 spiro atoms. The average Bonchev–Trinajstić information content (AvgIpc) is 3.86. The smallest absolute Gasteiger partial charge is 0.227 e. The molecule has 0 saturated heterocycles. The van der Waals surface area contributed by atoms with E-state index in [0.29, 0.717) is 5.89 Å². The van der Waals surface area contributed by atoms with Gasteiger partial charge in [0.2, 0.25) is 5.89 Å². The van der Waals surface area contributed by atoms with Crippen molar-refractivity contribution >= 4 is 71.6 Å². The highest BCUT2D eigenvalue weighted by atomic mass is 16.4. The van der Waals surface area contributed by atoms with Gasteiger partial charge in [-0.25, -0.2) is 4.98 Å². The fraction of sp³-hybridized carbons (Fsp3) is 0. The number of aromatic nitrogens is 1. The second kappa shape index (κ2) is 12.6. The van der Waals surface area contributed by atoms with Crippen LogP contribution in [0.2, 0.25) is 0 Å². The topological polar surface area (TPSA) is 42.4 Å². The van der Waals surface area contributed by atoms with Crippen LogP contribution in [0.1, 0.15) is 0 Å². The quantitative estimate of drug-likeness (QED) is 0.162. The van der Waals surface area contributed by atoms with Gasteiger partial charge >= 0.3 is 0 Å². The van der Waals surface area contributed by atoms with E-state index in [1.54, 1.807) is 0 Å². The lowest BCUT2D eigenvalue weighted by molar-refractivity contribution is 0.619. The van der Waals surface area contributed by atoms with Crippen LogP contribution in [0.3, 0.4) is 0 Å². The Labute approximate surface area is 317 Å². The molecule has 0 amide bonds. The minimum absolute atomic E-state index is 0.600. The number of hydrogen-bond acceptors (Lipinski definition) is 4. The number of rotatable bonds is 6. The summed E-state index contributed by atoms with van der Waals surface area (Å²) in [5, 5.41) is 6.93. The molecule has 0 N–H and O–H groups in total. The Morgan fingerprint density at radius 1 is 0.345 bits per heavy atom. The molecular formula is C51H32N2O2. The number of furan rings is 1. The molecule has 0 unspecified atom stereocenters. The van der Waals surface area contributed by atoms with Gasteiger partial charge < -0.3 is 13.7 Å². The Balaban J connectivity index is 1.02. The Morgan fingerprint density at radius 3 is 1.82 bits per heavy atom. The van der Waals surface area contributed by atoms with Crippen molar-refractivity contribution in [3.63, 3.8) is 0 Å². The summed E-state index contributed by atoms with van der Waals surface area (Å²) in [6, 6.07) is 68.4. The van der Waals surface area contributed by atoms with E-state index in [1.807, 2.05) is 42.5 Å². The minimum Gasteiger partial charge on any atom is -0.456 e. The van der Waals surface area contributed by atoms with Gasteiger partial charge in [-0.05, 0) is 117 Å². The Kier molecular flexibility index (Phi) is 7.14.